The molecule has 2 aromatic heterocycles. The molecular weight excluding hydrogens is 311 g/mol. The molecule has 0 unspecified atom stereocenters. The maximum absolute atomic E-state index is 14.4. The van der Waals surface area contributed by atoms with Gasteiger partial charge in [-0.3, -0.25) is 4.98 Å². The molecule has 0 saturated carbocycles. The zero-order valence-electron chi connectivity index (χ0n) is 12.3. The number of hydrogen-bond acceptors (Lipinski definition) is 5. The lowest BCUT2D eigenvalue weighted by Gasteiger charge is -2.03. The van der Waals surface area contributed by atoms with Crippen LogP contribution in [0.5, 0.6) is 0 Å². The van der Waals surface area contributed by atoms with Crippen molar-refractivity contribution in [1.29, 1.82) is 0 Å². The van der Waals surface area contributed by atoms with Crippen molar-refractivity contribution in [2.45, 2.75) is 6.42 Å². The van der Waals surface area contributed by atoms with Crippen molar-refractivity contribution in [1.82, 2.24) is 9.97 Å². The molecule has 2 aromatic carbocycles. The van der Waals surface area contributed by atoms with Crippen molar-refractivity contribution in [2.75, 3.05) is 0 Å². The molecule has 24 heavy (non-hydrogen) atoms. The number of nitrogens with zero attached hydrogens (tertiary/aromatic N) is 2. The van der Waals surface area contributed by atoms with Gasteiger partial charge < -0.3 is 14.3 Å². The largest absolute Gasteiger partial charge is 0.550 e. The first kappa shape index (κ1) is 14.3. The monoisotopic (exact) mass is 321 g/mol. The Hall–Kier alpha value is -3.28. The van der Waals surface area contributed by atoms with E-state index in [-0.39, 0.29) is 17.0 Å². The van der Waals surface area contributed by atoms with Crippen LogP contribution in [0.1, 0.15) is 5.56 Å². The van der Waals surface area contributed by atoms with Gasteiger partial charge in [0.2, 0.25) is 5.89 Å². The number of oxazole rings is 1. The molecule has 0 atom stereocenters. The van der Waals surface area contributed by atoms with Gasteiger partial charge in [-0.15, -0.1) is 0 Å². The van der Waals surface area contributed by atoms with Crippen LogP contribution in [-0.2, 0) is 11.2 Å². The van der Waals surface area contributed by atoms with Crippen molar-refractivity contribution in [3.63, 3.8) is 0 Å². The molecule has 0 amide bonds. The molecule has 118 valence electrons. The van der Waals surface area contributed by atoms with E-state index in [0.29, 0.717) is 11.2 Å². The predicted molar refractivity (Wildman–Crippen MR) is 83.4 cm³/mol. The van der Waals surface area contributed by atoms with Gasteiger partial charge in [0.15, 0.2) is 11.4 Å². The average Bonchev–Trinajstić information content (AvgIpc) is 3.01. The number of carboxylic acids is 1. The van der Waals surface area contributed by atoms with E-state index in [1.54, 1.807) is 6.20 Å². The van der Waals surface area contributed by atoms with E-state index in [4.69, 9.17) is 4.42 Å². The van der Waals surface area contributed by atoms with Gasteiger partial charge in [-0.2, -0.15) is 0 Å². The lowest BCUT2D eigenvalue weighted by atomic mass is 10.1. The van der Waals surface area contributed by atoms with Gasteiger partial charge in [-0.25, -0.2) is 9.37 Å². The van der Waals surface area contributed by atoms with Crippen LogP contribution in [0.25, 0.3) is 33.5 Å². The van der Waals surface area contributed by atoms with Gasteiger partial charge in [0.25, 0.3) is 0 Å². The molecule has 0 aliphatic heterocycles. The first-order valence-electron chi connectivity index (χ1n) is 7.25. The Kier molecular flexibility index (Phi) is 3.23. The number of benzene rings is 2. The van der Waals surface area contributed by atoms with E-state index in [9.17, 15) is 14.3 Å². The van der Waals surface area contributed by atoms with Crippen LogP contribution in [0.3, 0.4) is 0 Å². The number of fused-ring (bicyclic) bond motifs is 2. The Morgan fingerprint density at radius 3 is 2.83 bits per heavy atom. The fourth-order valence-electron chi connectivity index (χ4n) is 2.68. The second-order valence-electron chi connectivity index (χ2n) is 5.34. The van der Waals surface area contributed by atoms with Crippen molar-refractivity contribution >= 4 is 27.8 Å². The molecule has 4 aromatic rings. The topological polar surface area (TPSA) is 79.0 Å². The highest BCUT2D eigenvalue weighted by molar-refractivity contribution is 5.93. The number of carboxylic acid groups (broad SMARTS) is 1. The average molecular weight is 321 g/mol. The summed E-state index contributed by atoms with van der Waals surface area (Å²) in [6, 6.07) is 12.3. The van der Waals surface area contributed by atoms with Gasteiger partial charge in [0, 0.05) is 24.0 Å². The Bertz CT molecular complexity index is 1080. The van der Waals surface area contributed by atoms with Gasteiger partial charge in [0.05, 0.1) is 0 Å². The molecule has 6 heteroatoms. The maximum atomic E-state index is 14.4. The van der Waals surface area contributed by atoms with E-state index < -0.39 is 18.2 Å². The van der Waals surface area contributed by atoms with Crippen molar-refractivity contribution < 1.29 is 18.7 Å². The summed E-state index contributed by atoms with van der Waals surface area (Å²) in [5.41, 5.74) is 0.721. The molecule has 0 aliphatic carbocycles. The van der Waals surface area contributed by atoms with Gasteiger partial charge in [-0.05, 0) is 23.1 Å². The summed E-state index contributed by atoms with van der Waals surface area (Å²) in [5.74, 6) is -1.91. The number of aliphatic carboxylic acids is 1. The van der Waals surface area contributed by atoms with Crippen molar-refractivity contribution in [3.05, 3.63) is 60.0 Å². The molecule has 0 N–H and O–H groups in total. The van der Waals surface area contributed by atoms with Crippen LogP contribution in [0.15, 0.2) is 53.1 Å². The summed E-state index contributed by atoms with van der Waals surface area (Å²) in [5, 5.41) is 12.5. The third-order valence-electron chi connectivity index (χ3n) is 3.79. The Balaban J connectivity index is 1.91. The van der Waals surface area contributed by atoms with Crippen LogP contribution in [0.4, 0.5) is 4.39 Å². The summed E-state index contributed by atoms with van der Waals surface area (Å²) in [4.78, 5) is 19.3. The molecule has 0 spiro atoms. The fraction of sp³-hybridized carbons (Fsp3) is 0.0556. The molecule has 5 nitrogen and oxygen atoms in total. The van der Waals surface area contributed by atoms with E-state index in [1.807, 2.05) is 30.3 Å². The Morgan fingerprint density at radius 1 is 1.17 bits per heavy atom. The van der Waals surface area contributed by atoms with Crippen LogP contribution in [-0.4, -0.2) is 15.9 Å². The molecule has 4 rings (SSSR count). The highest BCUT2D eigenvalue weighted by atomic mass is 19.1. The zero-order valence-corrected chi connectivity index (χ0v) is 12.3. The highest BCUT2D eigenvalue weighted by Crippen LogP contribution is 2.30. The summed E-state index contributed by atoms with van der Waals surface area (Å²) in [7, 11) is 0. The zero-order chi connectivity index (χ0) is 16.7. The summed E-state index contributed by atoms with van der Waals surface area (Å²) < 4.78 is 20.0. The minimum absolute atomic E-state index is 0.00363. The van der Waals surface area contributed by atoms with Crippen LogP contribution >= 0.6 is 0 Å². The van der Waals surface area contributed by atoms with Gasteiger partial charge in [0.1, 0.15) is 11.2 Å². The minimum atomic E-state index is -1.36. The highest BCUT2D eigenvalue weighted by Gasteiger charge is 2.17. The smallest absolute Gasteiger partial charge is 0.246 e. The number of pyridine rings is 1. The molecular formula is C18H10FN2O3-. The Labute approximate surface area is 135 Å². The second-order valence-corrected chi connectivity index (χ2v) is 5.34. The molecule has 0 radical (unpaired) electrons. The molecule has 0 aliphatic rings. The maximum Gasteiger partial charge on any atom is 0.246 e. The van der Waals surface area contributed by atoms with Gasteiger partial charge >= 0.3 is 0 Å². The van der Waals surface area contributed by atoms with Crippen LogP contribution in [0, 0.1) is 5.82 Å². The van der Waals surface area contributed by atoms with E-state index in [1.165, 1.54) is 12.1 Å². The lowest BCUT2D eigenvalue weighted by molar-refractivity contribution is -0.304. The van der Waals surface area contributed by atoms with E-state index in [0.717, 1.165) is 10.8 Å². The number of rotatable bonds is 3. The normalized spacial score (nSPS) is 11.2. The molecule has 0 bridgehead atoms. The summed E-state index contributed by atoms with van der Waals surface area (Å²) in [6.45, 7) is 0. The number of hydrogen-bond donors (Lipinski definition) is 0. The molecule has 0 fully saturated rings. The van der Waals surface area contributed by atoms with Crippen molar-refractivity contribution in [3.8, 4) is 11.6 Å². The fourth-order valence-corrected chi connectivity index (χ4v) is 2.68. The van der Waals surface area contributed by atoms with Gasteiger partial charge in [-0.1, -0.05) is 30.3 Å². The predicted octanol–water partition coefficient (Wildman–Crippen LogP) is 2.47. The second kappa shape index (κ2) is 5.42. The standard InChI is InChI=1S/C18H11FN2O3/c19-15-11(9-14(22)23)5-6-13-17(15)24-18(21-13)16-12-4-2-1-3-10(12)7-8-20-16/h1-8H,9H2,(H,22,23)/p-1. The first-order valence-corrected chi connectivity index (χ1v) is 7.25. The number of halogens is 1. The minimum Gasteiger partial charge on any atom is -0.550 e. The molecule has 2 heterocycles. The first-order chi connectivity index (χ1) is 11.6. The Morgan fingerprint density at radius 2 is 2.00 bits per heavy atom. The van der Waals surface area contributed by atoms with Crippen LogP contribution in [0.2, 0.25) is 0 Å². The summed E-state index contributed by atoms with van der Waals surface area (Å²) in [6.07, 6.45) is 1.11. The number of carbonyl (C=O) groups is 1. The number of carbonyl (C=O) groups excluding carboxylic acids is 1. The third kappa shape index (κ3) is 2.28. The third-order valence-corrected chi connectivity index (χ3v) is 3.79. The summed E-state index contributed by atoms with van der Waals surface area (Å²) >= 11 is 0. The molecule has 0 saturated heterocycles. The quantitative estimate of drug-likeness (QED) is 0.579. The van der Waals surface area contributed by atoms with Crippen molar-refractivity contribution in [2.24, 2.45) is 0 Å². The van der Waals surface area contributed by atoms with Crippen LogP contribution < -0.4 is 5.11 Å². The van der Waals surface area contributed by atoms with E-state index in [2.05, 4.69) is 9.97 Å². The lowest BCUT2D eigenvalue weighted by Crippen LogP contribution is -2.24. The number of aromatic nitrogens is 2. The SMILES string of the molecule is O=C([O-])Cc1ccc2nc(-c3nccc4ccccc34)oc2c1F. The van der Waals surface area contributed by atoms with E-state index >= 15 is 0 Å².